The number of ether oxygens (including phenoxy) is 2. The summed E-state index contributed by atoms with van der Waals surface area (Å²) in [6, 6.07) is 12.1. The molecule has 0 aliphatic rings. The summed E-state index contributed by atoms with van der Waals surface area (Å²) < 4.78 is 36.1. The number of carbonyl (C=O) groups is 1. The number of nitrogens with zero attached hydrogens (tertiary/aromatic N) is 1. The fraction of sp³-hybridized carbons (Fsp3) is 0.350. The molecular formula is C20H26N2O5S. The van der Waals surface area contributed by atoms with E-state index in [1.165, 1.54) is 7.11 Å². The van der Waals surface area contributed by atoms with Crippen molar-refractivity contribution in [2.75, 3.05) is 31.3 Å². The second-order valence-corrected chi connectivity index (χ2v) is 8.37. The number of amides is 1. The first-order valence-electron chi connectivity index (χ1n) is 8.72. The second kappa shape index (κ2) is 8.97. The Morgan fingerprint density at radius 3 is 2.32 bits per heavy atom. The van der Waals surface area contributed by atoms with Crippen molar-refractivity contribution in [2.24, 2.45) is 0 Å². The average Bonchev–Trinajstić information content (AvgIpc) is 2.65. The van der Waals surface area contributed by atoms with Crippen LogP contribution >= 0.6 is 0 Å². The zero-order chi connectivity index (χ0) is 20.9. The zero-order valence-electron chi connectivity index (χ0n) is 16.7. The highest BCUT2D eigenvalue weighted by molar-refractivity contribution is 7.92. The molecule has 0 saturated heterocycles. The number of hydrogen-bond acceptors (Lipinski definition) is 5. The highest BCUT2D eigenvalue weighted by Crippen LogP contribution is 2.30. The van der Waals surface area contributed by atoms with Gasteiger partial charge in [-0.2, -0.15) is 0 Å². The number of benzene rings is 2. The number of para-hydroxylation sites is 1. The Morgan fingerprint density at radius 1 is 1.11 bits per heavy atom. The van der Waals surface area contributed by atoms with Gasteiger partial charge in [-0.15, -0.1) is 0 Å². The van der Waals surface area contributed by atoms with Crippen molar-refractivity contribution in [2.45, 2.75) is 19.9 Å². The van der Waals surface area contributed by atoms with Crippen LogP contribution in [-0.2, 0) is 14.8 Å². The van der Waals surface area contributed by atoms with Crippen LogP contribution in [0.1, 0.15) is 24.1 Å². The highest BCUT2D eigenvalue weighted by Gasteiger charge is 2.23. The van der Waals surface area contributed by atoms with Gasteiger partial charge in [0, 0.05) is 0 Å². The zero-order valence-corrected chi connectivity index (χ0v) is 17.5. The molecule has 0 saturated carbocycles. The van der Waals surface area contributed by atoms with Gasteiger partial charge in [0.1, 0.15) is 6.54 Å². The van der Waals surface area contributed by atoms with Crippen LogP contribution in [0, 0.1) is 6.92 Å². The van der Waals surface area contributed by atoms with Crippen molar-refractivity contribution in [3.63, 3.8) is 0 Å². The minimum Gasteiger partial charge on any atom is -0.493 e. The molecule has 28 heavy (non-hydrogen) atoms. The Balaban J connectivity index is 2.18. The van der Waals surface area contributed by atoms with E-state index in [1.54, 1.807) is 44.4 Å². The molecule has 0 radical (unpaired) electrons. The van der Waals surface area contributed by atoms with Gasteiger partial charge in [-0.25, -0.2) is 8.42 Å². The minimum atomic E-state index is -3.62. The van der Waals surface area contributed by atoms with Gasteiger partial charge in [0.25, 0.3) is 0 Å². The van der Waals surface area contributed by atoms with Crippen LogP contribution in [0.25, 0.3) is 0 Å². The highest BCUT2D eigenvalue weighted by atomic mass is 32.2. The molecule has 0 aliphatic carbocycles. The normalized spacial score (nSPS) is 12.2. The molecular weight excluding hydrogens is 380 g/mol. The van der Waals surface area contributed by atoms with Crippen molar-refractivity contribution >= 4 is 21.6 Å². The average molecular weight is 407 g/mol. The van der Waals surface area contributed by atoms with E-state index in [4.69, 9.17) is 9.47 Å². The summed E-state index contributed by atoms with van der Waals surface area (Å²) in [6.07, 6.45) is 1.09. The molecule has 2 aromatic rings. The van der Waals surface area contributed by atoms with E-state index < -0.39 is 15.9 Å². The third-order valence-corrected chi connectivity index (χ3v) is 5.48. The van der Waals surface area contributed by atoms with Gasteiger partial charge in [0.05, 0.1) is 32.2 Å². The predicted octanol–water partition coefficient (Wildman–Crippen LogP) is 2.66. The molecule has 0 aromatic heterocycles. The van der Waals surface area contributed by atoms with Gasteiger partial charge >= 0.3 is 0 Å². The molecule has 2 aromatic carbocycles. The number of carbonyl (C=O) groups excluding carboxylic acids is 1. The predicted molar refractivity (Wildman–Crippen MR) is 109 cm³/mol. The van der Waals surface area contributed by atoms with Crippen molar-refractivity contribution < 1.29 is 22.7 Å². The van der Waals surface area contributed by atoms with Gasteiger partial charge in [-0.3, -0.25) is 9.10 Å². The summed E-state index contributed by atoms with van der Waals surface area (Å²) in [5, 5.41) is 2.84. The third-order valence-electron chi connectivity index (χ3n) is 4.36. The van der Waals surface area contributed by atoms with Crippen molar-refractivity contribution in [3.8, 4) is 11.5 Å². The summed E-state index contributed by atoms with van der Waals surface area (Å²) in [6.45, 7) is 3.32. The Kier molecular flexibility index (Phi) is 6.90. The van der Waals surface area contributed by atoms with E-state index >= 15 is 0 Å². The molecule has 152 valence electrons. The number of sulfonamides is 1. The van der Waals surface area contributed by atoms with E-state index in [9.17, 15) is 13.2 Å². The lowest BCUT2D eigenvalue weighted by molar-refractivity contribution is -0.120. The Bertz CT molecular complexity index is 943. The Hall–Kier alpha value is -2.74. The summed E-state index contributed by atoms with van der Waals surface area (Å²) in [7, 11) is -0.531. The first-order chi connectivity index (χ1) is 13.2. The molecule has 8 heteroatoms. The van der Waals surface area contributed by atoms with Crippen LogP contribution in [0.2, 0.25) is 0 Å². The fourth-order valence-corrected chi connectivity index (χ4v) is 3.76. The molecule has 0 bridgehead atoms. The van der Waals surface area contributed by atoms with Gasteiger partial charge in [-0.1, -0.05) is 24.3 Å². The number of anilines is 1. The van der Waals surface area contributed by atoms with Gasteiger partial charge < -0.3 is 14.8 Å². The maximum atomic E-state index is 12.6. The lowest BCUT2D eigenvalue weighted by atomic mass is 10.1. The second-order valence-electron chi connectivity index (χ2n) is 6.46. The molecule has 0 aliphatic heterocycles. The first kappa shape index (κ1) is 21.6. The summed E-state index contributed by atoms with van der Waals surface area (Å²) in [5.41, 5.74) is 2.07. The van der Waals surface area contributed by atoms with Crippen molar-refractivity contribution in [1.29, 1.82) is 0 Å². The SMILES string of the molecule is COc1ccc([C@@H](C)NC(=O)CN(c2ccccc2C)S(C)(=O)=O)cc1OC. The maximum absolute atomic E-state index is 12.6. The van der Waals surface area contributed by atoms with Gasteiger partial charge in [-0.05, 0) is 43.2 Å². The molecule has 1 amide bonds. The number of hydrogen-bond donors (Lipinski definition) is 1. The number of nitrogens with one attached hydrogen (secondary N) is 1. The summed E-state index contributed by atoms with van der Waals surface area (Å²) >= 11 is 0. The van der Waals surface area contributed by atoms with Crippen LogP contribution in [0.3, 0.4) is 0 Å². The van der Waals surface area contributed by atoms with Crippen LogP contribution in [0.5, 0.6) is 11.5 Å². The first-order valence-corrected chi connectivity index (χ1v) is 10.6. The maximum Gasteiger partial charge on any atom is 0.241 e. The van der Waals surface area contributed by atoms with Crippen LogP contribution in [0.4, 0.5) is 5.69 Å². The van der Waals surface area contributed by atoms with Crippen molar-refractivity contribution in [3.05, 3.63) is 53.6 Å². The van der Waals surface area contributed by atoms with Gasteiger partial charge in [0.15, 0.2) is 11.5 Å². The third kappa shape index (κ3) is 5.16. The van der Waals surface area contributed by atoms with E-state index in [1.807, 2.05) is 19.1 Å². The molecule has 0 spiro atoms. The Morgan fingerprint density at radius 2 is 1.75 bits per heavy atom. The lowest BCUT2D eigenvalue weighted by Gasteiger charge is -2.24. The monoisotopic (exact) mass is 406 g/mol. The van der Waals surface area contributed by atoms with E-state index in [0.29, 0.717) is 17.2 Å². The quantitative estimate of drug-likeness (QED) is 0.729. The minimum absolute atomic E-state index is 0.304. The summed E-state index contributed by atoms with van der Waals surface area (Å²) in [4.78, 5) is 12.6. The van der Waals surface area contributed by atoms with Crippen LogP contribution < -0.4 is 19.1 Å². The number of aryl methyl sites for hydroxylation is 1. The largest absolute Gasteiger partial charge is 0.493 e. The van der Waals surface area contributed by atoms with Crippen LogP contribution in [0.15, 0.2) is 42.5 Å². The molecule has 0 unspecified atom stereocenters. The van der Waals surface area contributed by atoms with E-state index in [0.717, 1.165) is 21.7 Å². The van der Waals surface area contributed by atoms with E-state index in [2.05, 4.69) is 5.32 Å². The van der Waals surface area contributed by atoms with E-state index in [-0.39, 0.29) is 12.6 Å². The molecule has 1 atom stereocenters. The number of rotatable bonds is 8. The lowest BCUT2D eigenvalue weighted by Crippen LogP contribution is -2.41. The van der Waals surface area contributed by atoms with Gasteiger partial charge in [0.2, 0.25) is 15.9 Å². The molecule has 2 rings (SSSR count). The molecule has 0 fully saturated rings. The smallest absolute Gasteiger partial charge is 0.241 e. The fourth-order valence-electron chi connectivity index (χ4n) is 2.85. The molecule has 0 heterocycles. The standard InChI is InChI=1S/C20H26N2O5S/c1-14-8-6-7-9-17(14)22(28(5,24)25)13-20(23)21-15(2)16-10-11-18(26-3)19(12-16)27-4/h6-12,15H,13H2,1-5H3,(H,21,23)/t15-/m1/s1. The summed E-state index contributed by atoms with van der Waals surface area (Å²) in [5.74, 6) is 0.738. The topological polar surface area (TPSA) is 84.9 Å². The van der Waals surface area contributed by atoms with Crippen LogP contribution in [-0.4, -0.2) is 41.3 Å². The van der Waals surface area contributed by atoms with Crippen molar-refractivity contribution in [1.82, 2.24) is 5.32 Å². The number of methoxy groups -OCH3 is 2. The molecule has 7 nitrogen and oxygen atoms in total. The Labute approximate surface area is 166 Å². The molecule has 1 N–H and O–H groups in total.